The van der Waals surface area contributed by atoms with Gasteiger partial charge in [-0.15, -0.1) is 0 Å². The Morgan fingerprint density at radius 1 is 1.20 bits per heavy atom. The highest BCUT2D eigenvalue weighted by atomic mass is 19.1. The van der Waals surface area contributed by atoms with E-state index in [1.807, 2.05) is 24.3 Å². The van der Waals surface area contributed by atoms with Crippen LogP contribution >= 0.6 is 0 Å². The molecule has 0 spiro atoms. The average molecular weight is 273 g/mol. The summed E-state index contributed by atoms with van der Waals surface area (Å²) in [6.45, 7) is 0.0563. The van der Waals surface area contributed by atoms with Crippen molar-refractivity contribution in [2.24, 2.45) is 5.73 Å². The molecule has 3 nitrogen and oxygen atoms in total. The van der Waals surface area contributed by atoms with E-state index in [1.165, 1.54) is 6.07 Å². The van der Waals surface area contributed by atoms with Crippen LogP contribution in [0.25, 0.3) is 0 Å². The van der Waals surface area contributed by atoms with Gasteiger partial charge in [-0.3, -0.25) is 0 Å². The molecule has 2 unspecified atom stereocenters. The molecule has 0 amide bonds. The van der Waals surface area contributed by atoms with Gasteiger partial charge in [-0.1, -0.05) is 36.4 Å². The molecule has 0 bridgehead atoms. The number of aliphatic hydroxyl groups is 1. The molecule has 0 radical (unpaired) electrons. The molecule has 3 N–H and O–H groups in total. The second kappa shape index (κ2) is 4.89. The van der Waals surface area contributed by atoms with Gasteiger partial charge in [0, 0.05) is 13.0 Å². The summed E-state index contributed by atoms with van der Waals surface area (Å²) >= 11 is 0. The minimum Gasteiger partial charge on any atom is -0.480 e. The Bertz CT molecular complexity index is 631. The maximum atomic E-state index is 13.7. The summed E-state index contributed by atoms with van der Waals surface area (Å²) in [5.41, 5.74) is 6.36. The van der Waals surface area contributed by atoms with Gasteiger partial charge in [-0.25, -0.2) is 4.39 Å². The quantitative estimate of drug-likeness (QED) is 0.901. The average Bonchev–Trinajstić information content (AvgIpc) is 2.75. The molecule has 0 saturated carbocycles. The van der Waals surface area contributed by atoms with E-state index in [-0.39, 0.29) is 12.3 Å². The second-order valence-electron chi connectivity index (χ2n) is 5.11. The van der Waals surface area contributed by atoms with E-state index in [9.17, 15) is 9.50 Å². The SMILES string of the molecule is NCC1(O)Cc2ccccc2C1Oc1ccccc1F. The molecule has 0 aromatic heterocycles. The van der Waals surface area contributed by atoms with E-state index in [4.69, 9.17) is 10.5 Å². The summed E-state index contributed by atoms with van der Waals surface area (Å²) in [6.07, 6.45) is -0.237. The van der Waals surface area contributed by atoms with Crippen LogP contribution in [0.2, 0.25) is 0 Å². The van der Waals surface area contributed by atoms with Gasteiger partial charge in [0.25, 0.3) is 0 Å². The number of hydrogen-bond donors (Lipinski definition) is 2. The van der Waals surface area contributed by atoms with Crippen molar-refractivity contribution in [3.05, 3.63) is 65.5 Å². The molecule has 1 aliphatic rings. The van der Waals surface area contributed by atoms with Crippen molar-refractivity contribution in [1.82, 2.24) is 0 Å². The lowest BCUT2D eigenvalue weighted by Crippen LogP contribution is -2.44. The lowest BCUT2D eigenvalue weighted by Gasteiger charge is -2.29. The summed E-state index contributed by atoms with van der Waals surface area (Å²) in [5, 5.41) is 10.7. The van der Waals surface area contributed by atoms with Gasteiger partial charge in [0.2, 0.25) is 0 Å². The van der Waals surface area contributed by atoms with Crippen LogP contribution in [-0.4, -0.2) is 17.3 Å². The molecular weight excluding hydrogens is 257 g/mol. The minimum absolute atomic E-state index is 0.0563. The molecule has 2 atom stereocenters. The van der Waals surface area contributed by atoms with E-state index >= 15 is 0 Å². The fourth-order valence-corrected chi connectivity index (χ4v) is 2.68. The molecule has 0 aliphatic heterocycles. The van der Waals surface area contributed by atoms with Crippen molar-refractivity contribution in [3.8, 4) is 5.75 Å². The number of fused-ring (bicyclic) bond motifs is 1. The lowest BCUT2D eigenvalue weighted by molar-refractivity contribution is -0.0450. The first-order valence-corrected chi connectivity index (χ1v) is 6.55. The summed E-state index contributed by atoms with van der Waals surface area (Å²) < 4.78 is 19.5. The molecule has 2 aromatic carbocycles. The van der Waals surface area contributed by atoms with Crippen LogP contribution in [0.3, 0.4) is 0 Å². The van der Waals surface area contributed by atoms with Crippen LogP contribution in [0.4, 0.5) is 4.39 Å². The van der Waals surface area contributed by atoms with Crippen molar-refractivity contribution < 1.29 is 14.2 Å². The number of halogens is 1. The van der Waals surface area contributed by atoms with Crippen LogP contribution in [0.5, 0.6) is 5.75 Å². The van der Waals surface area contributed by atoms with Gasteiger partial charge in [0.15, 0.2) is 17.7 Å². The Labute approximate surface area is 116 Å². The third-order valence-corrected chi connectivity index (χ3v) is 3.76. The molecule has 20 heavy (non-hydrogen) atoms. The number of hydrogen-bond acceptors (Lipinski definition) is 3. The van der Waals surface area contributed by atoms with Gasteiger partial charge in [0.1, 0.15) is 5.60 Å². The Morgan fingerprint density at radius 2 is 1.90 bits per heavy atom. The first-order valence-electron chi connectivity index (χ1n) is 6.55. The summed E-state index contributed by atoms with van der Waals surface area (Å²) in [4.78, 5) is 0. The molecule has 104 valence electrons. The molecule has 4 heteroatoms. The zero-order valence-electron chi connectivity index (χ0n) is 10.9. The lowest BCUT2D eigenvalue weighted by atomic mass is 9.97. The van der Waals surface area contributed by atoms with Crippen LogP contribution in [-0.2, 0) is 6.42 Å². The van der Waals surface area contributed by atoms with Gasteiger partial charge in [0.05, 0.1) is 0 Å². The predicted octanol–water partition coefficient (Wildman–Crippen LogP) is 2.19. The number of rotatable bonds is 3. The number of benzene rings is 2. The third-order valence-electron chi connectivity index (χ3n) is 3.76. The number of ether oxygens (including phenoxy) is 1. The largest absolute Gasteiger partial charge is 0.480 e. The molecule has 0 fully saturated rings. The van der Waals surface area contributed by atoms with Crippen LogP contribution < -0.4 is 10.5 Å². The van der Waals surface area contributed by atoms with Crippen LogP contribution in [0, 0.1) is 5.82 Å². The van der Waals surface area contributed by atoms with E-state index in [2.05, 4.69) is 0 Å². The topological polar surface area (TPSA) is 55.5 Å². The van der Waals surface area contributed by atoms with E-state index in [0.29, 0.717) is 6.42 Å². The highest BCUT2D eigenvalue weighted by molar-refractivity contribution is 5.40. The van der Waals surface area contributed by atoms with Gasteiger partial charge in [-0.05, 0) is 23.3 Å². The van der Waals surface area contributed by atoms with Crippen molar-refractivity contribution >= 4 is 0 Å². The second-order valence-corrected chi connectivity index (χ2v) is 5.11. The first kappa shape index (κ1) is 13.1. The van der Waals surface area contributed by atoms with Crippen molar-refractivity contribution in [2.45, 2.75) is 18.1 Å². The van der Waals surface area contributed by atoms with Crippen molar-refractivity contribution in [3.63, 3.8) is 0 Å². The summed E-state index contributed by atoms with van der Waals surface area (Å²) in [6, 6.07) is 13.8. The highest BCUT2D eigenvalue weighted by Gasteiger charge is 2.45. The number of para-hydroxylation sites is 1. The Balaban J connectivity index is 2.00. The molecule has 0 heterocycles. The Morgan fingerprint density at radius 3 is 2.65 bits per heavy atom. The molecule has 2 aromatic rings. The van der Waals surface area contributed by atoms with E-state index in [0.717, 1.165) is 11.1 Å². The van der Waals surface area contributed by atoms with Gasteiger partial charge < -0.3 is 15.6 Å². The predicted molar refractivity (Wildman–Crippen MR) is 73.9 cm³/mol. The van der Waals surface area contributed by atoms with Crippen LogP contribution in [0.1, 0.15) is 17.2 Å². The third kappa shape index (κ3) is 2.07. The smallest absolute Gasteiger partial charge is 0.165 e. The van der Waals surface area contributed by atoms with E-state index < -0.39 is 17.5 Å². The zero-order valence-corrected chi connectivity index (χ0v) is 10.9. The van der Waals surface area contributed by atoms with Gasteiger partial charge in [-0.2, -0.15) is 0 Å². The highest BCUT2D eigenvalue weighted by Crippen LogP contribution is 2.42. The summed E-state index contributed by atoms with van der Waals surface area (Å²) in [5.74, 6) is -0.322. The van der Waals surface area contributed by atoms with E-state index in [1.54, 1.807) is 18.2 Å². The molecular formula is C16H16FNO2. The zero-order chi connectivity index (χ0) is 14.2. The Hall–Kier alpha value is -1.91. The fraction of sp³-hybridized carbons (Fsp3) is 0.250. The van der Waals surface area contributed by atoms with Crippen LogP contribution in [0.15, 0.2) is 48.5 Å². The maximum absolute atomic E-state index is 13.7. The molecule has 1 aliphatic carbocycles. The monoisotopic (exact) mass is 273 g/mol. The first-order chi connectivity index (χ1) is 9.64. The molecule has 3 rings (SSSR count). The summed E-state index contributed by atoms with van der Waals surface area (Å²) in [7, 11) is 0. The van der Waals surface area contributed by atoms with Gasteiger partial charge >= 0.3 is 0 Å². The van der Waals surface area contributed by atoms with Crippen molar-refractivity contribution in [1.29, 1.82) is 0 Å². The van der Waals surface area contributed by atoms with Crippen molar-refractivity contribution in [2.75, 3.05) is 6.54 Å². The standard InChI is InChI=1S/C16H16FNO2/c17-13-7-3-4-8-14(13)20-15-12-6-2-1-5-11(12)9-16(15,19)10-18/h1-8,15,19H,9-10,18H2. The normalized spacial score (nSPS) is 24.4. The Kier molecular flexibility index (Phi) is 3.20. The minimum atomic E-state index is -1.20. The number of nitrogens with two attached hydrogens (primary N) is 1. The maximum Gasteiger partial charge on any atom is 0.165 e. The molecule has 0 saturated heterocycles. The fourth-order valence-electron chi connectivity index (χ4n) is 2.68.